The molecule has 0 fully saturated rings. The van der Waals surface area contributed by atoms with Gasteiger partial charge in [0.15, 0.2) is 16.1 Å². The molecule has 0 N–H and O–H groups in total. The zero-order chi connectivity index (χ0) is 50.2. The number of para-hydroxylation sites is 2. The Morgan fingerprint density at radius 3 is 1.33 bits per heavy atom. The van der Waals surface area contributed by atoms with Crippen molar-refractivity contribution in [1.82, 2.24) is 9.13 Å². The molecule has 3 heterocycles. The van der Waals surface area contributed by atoms with Gasteiger partial charge >= 0.3 is 0 Å². The van der Waals surface area contributed by atoms with Crippen LogP contribution < -0.4 is 41.5 Å². The van der Waals surface area contributed by atoms with E-state index in [0.717, 1.165) is 11.4 Å². The third kappa shape index (κ3) is 6.51. The van der Waals surface area contributed by atoms with Crippen LogP contribution in [0.3, 0.4) is 0 Å². The van der Waals surface area contributed by atoms with Gasteiger partial charge in [-0.15, -0.1) is 0 Å². The van der Waals surface area contributed by atoms with Crippen molar-refractivity contribution in [2.75, 3.05) is 0 Å². The van der Waals surface area contributed by atoms with Crippen molar-refractivity contribution in [2.24, 2.45) is 0 Å². The lowest BCUT2D eigenvalue weighted by molar-refractivity contribution is 1.16. The van der Waals surface area contributed by atoms with Gasteiger partial charge in [0.1, 0.15) is 0 Å². The second-order valence-corrected chi connectivity index (χ2v) is 27.9. The fourth-order valence-corrected chi connectivity index (χ4v) is 23.4. The number of hydrogen-bond acceptors (Lipinski definition) is 0. The van der Waals surface area contributed by atoms with Gasteiger partial charge in [0.25, 0.3) is 0 Å². The summed E-state index contributed by atoms with van der Waals surface area (Å²) in [6.45, 7) is 0. The first-order valence-corrected chi connectivity index (χ1v) is 30.4. The predicted molar refractivity (Wildman–Crippen MR) is 327 cm³/mol. The molecule has 0 spiro atoms. The first-order valence-electron chi connectivity index (χ1n) is 26.4. The molecule has 76 heavy (non-hydrogen) atoms. The maximum atomic E-state index is 2.54. The maximum absolute atomic E-state index is 2.80. The van der Waals surface area contributed by atoms with Gasteiger partial charge in [-0.05, 0) is 112 Å². The van der Waals surface area contributed by atoms with E-state index in [2.05, 4.69) is 312 Å². The van der Waals surface area contributed by atoms with E-state index in [1.165, 1.54) is 107 Å². The summed E-state index contributed by atoms with van der Waals surface area (Å²) in [5.74, 6) is 0. The van der Waals surface area contributed by atoms with E-state index in [1.54, 1.807) is 0 Å². The van der Waals surface area contributed by atoms with E-state index in [4.69, 9.17) is 0 Å². The quantitative estimate of drug-likeness (QED) is 0.101. The van der Waals surface area contributed by atoms with Crippen LogP contribution in [0.25, 0.3) is 77.2 Å². The summed E-state index contributed by atoms with van der Waals surface area (Å²) in [5.41, 5.74) is 12.2. The van der Waals surface area contributed by atoms with Gasteiger partial charge in [-0.3, -0.25) is 0 Å². The number of benzene rings is 12. The summed E-state index contributed by atoms with van der Waals surface area (Å²) in [5, 5.41) is 16.1. The standard InChI is InChI=1S/C72H50N2Si2/c1-6-24-55(25-7-1)75(56-26-8-2-9-27-56,57-28-10-3-11-29-57)60-34-22-23-53(49-60)74-67-38-19-16-35-61(67)63-45-43-54(50-70(63)74)73-68-39-20-17-36-62(68)66-47-51(42-46-69(66)73)52-41-44-65-64-37-18-21-40-71(64)76(72(65)48-52,58-30-12-4-13-31-58)59-32-14-5-15-33-59/h1-50H. The van der Waals surface area contributed by atoms with E-state index in [1.807, 2.05) is 0 Å². The number of nitrogens with zero attached hydrogens (tertiary/aromatic N) is 2. The highest BCUT2D eigenvalue weighted by molar-refractivity contribution is 7.22. The van der Waals surface area contributed by atoms with Crippen LogP contribution >= 0.6 is 0 Å². The van der Waals surface area contributed by atoms with E-state index in [0.29, 0.717) is 0 Å². The molecular weight excluding hydrogens is 949 g/mol. The van der Waals surface area contributed by atoms with E-state index in [-0.39, 0.29) is 0 Å². The third-order valence-electron chi connectivity index (χ3n) is 16.5. The van der Waals surface area contributed by atoms with E-state index >= 15 is 0 Å². The summed E-state index contributed by atoms with van der Waals surface area (Å²) in [7, 11) is -5.45. The van der Waals surface area contributed by atoms with Crippen molar-refractivity contribution < 1.29 is 0 Å². The Hall–Kier alpha value is -9.33. The Morgan fingerprint density at radius 1 is 0.250 bits per heavy atom. The minimum absolute atomic E-state index is 1.13. The van der Waals surface area contributed by atoms with Crippen LogP contribution in [-0.4, -0.2) is 25.3 Å². The Labute approximate surface area is 444 Å². The van der Waals surface area contributed by atoms with Crippen molar-refractivity contribution in [1.29, 1.82) is 0 Å². The van der Waals surface area contributed by atoms with Crippen LogP contribution in [0.4, 0.5) is 0 Å². The first-order chi connectivity index (χ1) is 37.7. The monoisotopic (exact) mass is 998 g/mol. The van der Waals surface area contributed by atoms with Gasteiger partial charge in [-0.1, -0.05) is 255 Å². The molecular formula is C72H50N2Si2. The predicted octanol–water partition coefficient (Wildman–Crippen LogP) is 12.3. The van der Waals surface area contributed by atoms with Crippen LogP contribution in [0.2, 0.25) is 0 Å². The smallest absolute Gasteiger partial charge is 0.180 e. The molecule has 0 unspecified atom stereocenters. The van der Waals surface area contributed by atoms with Gasteiger partial charge in [-0.25, -0.2) is 0 Å². The molecule has 12 aromatic carbocycles. The van der Waals surface area contributed by atoms with Crippen LogP contribution in [0.1, 0.15) is 0 Å². The van der Waals surface area contributed by atoms with Crippen LogP contribution in [-0.2, 0) is 0 Å². The van der Waals surface area contributed by atoms with Gasteiger partial charge in [0.05, 0.1) is 22.1 Å². The van der Waals surface area contributed by atoms with Gasteiger partial charge in [0.2, 0.25) is 0 Å². The Morgan fingerprint density at radius 2 is 0.697 bits per heavy atom. The highest BCUT2D eigenvalue weighted by Crippen LogP contribution is 2.39. The summed E-state index contributed by atoms with van der Waals surface area (Å²) in [4.78, 5) is 0. The highest BCUT2D eigenvalue weighted by Gasteiger charge is 2.48. The molecule has 15 rings (SSSR count). The van der Waals surface area contributed by atoms with Crippen molar-refractivity contribution in [2.45, 2.75) is 0 Å². The molecule has 0 amide bonds. The highest BCUT2D eigenvalue weighted by atomic mass is 28.3. The number of rotatable bonds is 9. The summed E-state index contributed by atoms with van der Waals surface area (Å²) in [6, 6.07) is 114. The molecule has 4 heteroatoms. The van der Waals surface area contributed by atoms with Crippen LogP contribution in [0.5, 0.6) is 0 Å². The average Bonchev–Trinajstić information content (AvgIpc) is 4.13. The molecule has 1 aliphatic heterocycles. The lowest BCUT2D eigenvalue weighted by Gasteiger charge is -2.34. The largest absolute Gasteiger partial charge is 0.309 e. The molecule has 0 saturated heterocycles. The second kappa shape index (κ2) is 17.7. The molecule has 356 valence electrons. The SMILES string of the molecule is c1ccc([Si](c2ccccc2)(c2ccccc2)c2cccc(-n3c4ccccc4c4ccc(-n5c6ccccc6c6cc(-c7ccc8c(c7)[Si](c7ccccc7)(c7ccccc7)c7ccccc7-8)ccc65)cc43)c2)cc1. The molecule has 0 saturated carbocycles. The molecule has 2 nitrogen and oxygen atoms in total. The van der Waals surface area contributed by atoms with Crippen molar-refractivity contribution in [3.63, 3.8) is 0 Å². The first kappa shape index (κ1) is 44.2. The zero-order valence-corrected chi connectivity index (χ0v) is 43.8. The molecule has 0 atom stereocenters. The summed E-state index contributed by atoms with van der Waals surface area (Å²) >= 11 is 0. The Balaban J connectivity index is 0.909. The van der Waals surface area contributed by atoms with Crippen molar-refractivity contribution >= 4 is 101 Å². The molecule has 1 aliphatic rings. The molecule has 0 radical (unpaired) electrons. The van der Waals surface area contributed by atoms with Gasteiger partial charge in [0, 0.05) is 32.9 Å². The van der Waals surface area contributed by atoms with E-state index in [9.17, 15) is 0 Å². The lowest BCUT2D eigenvalue weighted by atomic mass is 9.99. The Bertz CT molecular complexity index is 4370. The maximum Gasteiger partial charge on any atom is 0.180 e. The number of aromatic nitrogens is 2. The number of hydrogen-bond donors (Lipinski definition) is 0. The van der Waals surface area contributed by atoms with E-state index < -0.39 is 16.1 Å². The van der Waals surface area contributed by atoms with Crippen molar-refractivity contribution in [3.8, 4) is 33.6 Å². The number of fused-ring (bicyclic) bond motifs is 9. The minimum atomic E-state index is -2.80. The van der Waals surface area contributed by atoms with Gasteiger partial charge < -0.3 is 9.13 Å². The molecule has 2 aromatic heterocycles. The normalized spacial score (nSPS) is 12.8. The molecule has 0 bridgehead atoms. The molecule has 14 aromatic rings. The Kier molecular flexibility index (Phi) is 10.3. The molecule has 0 aliphatic carbocycles. The zero-order valence-electron chi connectivity index (χ0n) is 41.8. The third-order valence-corrected chi connectivity index (χ3v) is 26.2. The summed E-state index contributed by atoms with van der Waals surface area (Å²) < 4.78 is 4.98. The minimum Gasteiger partial charge on any atom is -0.309 e. The van der Waals surface area contributed by atoms with Crippen LogP contribution in [0, 0.1) is 0 Å². The van der Waals surface area contributed by atoms with Crippen LogP contribution in [0.15, 0.2) is 303 Å². The lowest BCUT2D eigenvalue weighted by Crippen LogP contribution is -2.74. The topological polar surface area (TPSA) is 9.86 Å². The summed E-state index contributed by atoms with van der Waals surface area (Å²) in [6.07, 6.45) is 0. The fourth-order valence-electron chi connectivity index (χ4n) is 13.4. The van der Waals surface area contributed by atoms with Gasteiger partial charge in [-0.2, -0.15) is 0 Å². The average molecular weight is 999 g/mol. The second-order valence-electron chi connectivity index (χ2n) is 20.3. The van der Waals surface area contributed by atoms with Crippen molar-refractivity contribution in [3.05, 3.63) is 303 Å². The fraction of sp³-hybridized carbons (Fsp3) is 0.